The summed E-state index contributed by atoms with van der Waals surface area (Å²) in [5, 5.41) is 9.00. The highest BCUT2D eigenvalue weighted by Gasteiger charge is 2.24. The van der Waals surface area contributed by atoms with E-state index in [1.807, 2.05) is 12.1 Å². The van der Waals surface area contributed by atoms with E-state index in [1.54, 1.807) is 24.3 Å². The van der Waals surface area contributed by atoms with Gasteiger partial charge in [0.15, 0.2) is 5.78 Å². The Morgan fingerprint density at radius 3 is 2.77 bits per heavy atom. The first-order valence-corrected chi connectivity index (χ1v) is 6.78. The van der Waals surface area contributed by atoms with E-state index in [2.05, 4.69) is 0 Å². The standard InChI is InChI=1S/C17H14O5/c1-21-14-8-15-13(6-11(14)7-16(18)19)17(20)12-5-3-2-4-10(12)9-22-15/h2-6,8H,7,9H2,1H3,(H,18,19). The largest absolute Gasteiger partial charge is 0.496 e. The molecule has 5 nitrogen and oxygen atoms in total. The van der Waals surface area contributed by atoms with Gasteiger partial charge >= 0.3 is 5.97 Å². The number of ketones is 1. The normalized spacial score (nSPS) is 12.7. The molecule has 0 fully saturated rings. The molecule has 5 heteroatoms. The number of carboxylic acid groups (broad SMARTS) is 1. The molecular formula is C17H14O5. The molecule has 0 radical (unpaired) electrons. The molecule has 0 atom stereocenters. The maximum absolute atomic E-state index is 12.7. The van der Waals surface area contributed by atoms with Crippen molar-refractivity contribution in [2.45, 2.75) is 13.0 Å². The summed E-state index contributed by atoms with van der Waals surface area (Å²) in [7, 11) is 1.46. The van der Waals surface area contributed by atoms with Crippen LogP contribution in [0.1, 0.15) is 27.0 Å². The van der Waals surface area contributed by atoms with Crippen LogP contribution in [0, 0.1) is 0 Å². The predicted molar refractivity (Wildman–Crippen MR) is 78.5 cm³/mol. The maximum Gasteiger partial charge on any atom is 0.307 e. The monoisotopic (exact) mass is 298 g/mol. The Morgan fingerprint density at radius 2 is 2.05 bits per heavy atom. The SMILES string of the molecule is COc1cc2c(cc1CC(=O)O)C(=O)c1ccccc1CO2. The number of carbonyl (C=O) groups is 2. The van der Waals surface area contributed by atoms with Gasteiger partial charge in [-0.2, -0.15) is 0 Å². The van der Waals surface area contributed by atoms with Crippen molar-refractivity contribution < 1.29 is 24.2 Å². The molecule has 0 saturated carbocycles. The first-order chi connectivity index (χ1) is 10.6. The summed E-state index contributed by atoms with van der Waals surface area (Å²) in [6.45, 7) is 0.288. The third kappa shape index (κ3) is 2.41. The molecule has 1 aliphatic rings. The average Bonchev–Trinajstić information content (AvgIpc) is 2.64. The molecule has 22 heavy (non-hydrogen) atoms. The Hall–Kier alpha value is -2.82. The first kappa shape index (κ1) is 14.1. The number of rotatable bonds is 3. The number of benzene rings is 2. The molecule has 0 bridgehead atoms. The van der Waals surface area contributed by atoms with Crippen molar-refractivity contribution in [2.24, 2.45) is 0 Å². The average molecular weight is 298 g/mol. The highest BCUT2D eigenvalue weighted by molar-refractivity contribution is 6.12. The van der Waals surface area contributed by atoms with Gasteiger partial charge in [0.2, 0.25) is 0 Å². The molecule has 0 amide bonds. The lowest BCUT2D eigenvalue weighted by Gasteiger charge is -2.12. The number of methoxy groups -OCH3 is 1. The first-order valence-electron chi connectivity index (χ1n) is 6.78. The summed E-state index contributed by atoms with van der Waals surface area (Å²) >= 11 is 0. The summed E-state index contributed by atoms with van der Waals surface area (Å²) in [6.07, 6.45) is -0.217. The van der Waals surface area contributed by atoms with Gasteiger partial charge in [0.1, 0.15) is 18.1 Å². The molecular weight excluding hydrogens is 284 g/mol. The van der Waals surface area contributed by atoms with Gasteiger partial charge in [0, 0.05) is 22.8 Å². The lowest BCUT2D eigenvalue weighted by atomic mass is 9.97. The molecule has 1 N–H and O–H groups in total. The molecule has 3 rings (SSSR count). The van der Waals surface area contributed by atoms with Gasteiger partial charge in [-0.1, -0.05) is 24.3 Å². The number of aliphatic carboxylic acids is 1. The Balaban J connectivity index is 2.14. The number of carbonyl (C=O) groups excluding carboxylic acids is 1. The predicted octanol–water partition coefficient (Wildman–Crippen LogP) is 2.45. The summed E-state index contributed by atoms with van der Waals surface area (Å²) in [5.41, 5.74) is 2.20. The Morgan fingerprint density at radius 1 is 1.27 bits per heavy atom. The molecule has 2 aromatic rings. The zero-order valence-corrected chi connectivity index (χ0v) is 12.0. The zero-order chi connectivity index (χ0) is 15.7. The smallest absolute Gasteiger partial charge is 0.307 e. The fraction of sp³-hybridized carbons (Fsp3) is 0.176. The lowest BCUT2D eigenvalue weighted by Crippen LogP contribution is -2.07. The molecule has 1 aliphatic heterocycles. The van der Waals surface area contributed by atoms with Gasteiger partial charge in [-0.25, -0.2) is 0 Å². The molecule has 0 aromatic heterocycles. The van der Waals surface area contributed by atoms with Gasteiger partial charge in [-0.15, -0.1) is 0 Å². The molecule has 1 heterocycles. The van der Waals surface area contributed by atoms with Crippen molar-refractivity contribution in [3.8, 4) is 11.5 Å². The topological polar surface area (TPSA) is 72.8 Å². The number of ether oxygens (including phenoxy) is 2. The van der Waals surface area contributed by atoms with E-state index in [0.29, 0.717) is 28.2 Å². The molecule has 2 aromatic carbocycles. The van der Waals surface area contributed by atoms with Crippen LogP contribution < -0.4 is 9.47 Å². The minimum absolute atomic E-state index is 0.169. The van der Waals surface area contributed by atoms with Crippen molar-refractivity contribution in [2.75, 3.05) is 7.11 Å². The number of hydrogen-bond donors (Lipinski definition) is 1. The molecule has 0 spiro atoms. The van der Waals surface area contributed by atoms with Crippen LogP contribution in [0.2, 0.25) is 0 Å². The fourth-order valence-electron chi connectivity index (χ4n) is 2.56. The van der Waals surface area contributed by atoms with Crippen molar-refractivity contribution >= 4 is 11.8 Å². The van der Waals surface area contributed by atoms with Crippen LogP contribution in [0.5, 0.6) is 11.5 Å². The molecule has 112 valence electrons. The quantitative estimate of drug-likeness (QED) is 0.942. The molecule has 0 aliphatic carbocycles. The van der Waals surface area contributed by atoms with Crippen LogP contribution >= 0.6 is 0 Å². The van der Waals surface area contributed by atoms with Crippen molar-refractivity contribution in [3.63, 3.8) is 0 Å². The van der Waals surface area contributed by atoms with Crippen molar-refractivity contribution in [1.29, 1.82) is 0 Å². The highest BCUT2D eigenvalue weighted by atomic mass is 16.5. The van der Waals surface area contributed by atoms with E-state index in [-0.39, 0.29) is 18.8 Å². The maximum atomic E-state index is 12.7. The summed E-state index contributed by atoms with van der Waals surface area (Å²) in [4.78, 5) is 23.7. The summed E-state index contributed by atoms with van der Waals surface area (Å²) in [6, 6.07) is 10.4. The third-order valence-electron chi connectivity index (χ3n) is 3.61. The second-order valence-corrected chi connectivity index (χ2v) is 5.01. The Labute approximate surface area is 127 Å². The van der Waals surface area contributed by atoms with Crippen molar-refractivity contribution in [1.82, 2.24) is 0 Å². The number of carboxylic acids is 1. The molecule has 0 unspecified atom stereocenters. The van der Waals surface area contributed by atoms with E-state index in [4.69, 9.17) is 14.6 Å². The highest BCUT2D eigenvalue weighted by Crippen LogP contribution is 2.34. The minimum atomic E-state index is -0.986. The fourth-order valence-corrected chi connectivity index (χ4v) is 2.56. The Bertz CT molecular complexity index is 764. The minimum Gasteiger partial charge on any atom is -0.496 e. The van der Waals surface area contributed by atoms with Crippen LogP contribution in [0.25, 0.3) is 0 Å². The summed E-state index contributed by atoms with van der Waals surface area (Å²) < 4.78 is 10.9. The van der Waals surface area contributed by atoms with E-state index in [9.17, 15) is 9.59 Å². The van der Waals surface area contributed by atoms with Crippen LogP contribution in [0.3, 0.4) is 0 Å². The zero-order valence-electron chi connectivity index (χ0n) is 12.0. The summed E-state index contributed by atoms with van der Waals surface area (Å²) in [5.74, 6) is -0.342. The number of hydrogen-bond acceptors (Lipinski definition) is 4. The second-order valence-electron chi connectivity index (χ2n) is 5.01. The van der Waals surface area contributed by atoms with Crippen LogP contribution in [0.4, 0.5) is 0 Å². The van der Waals surface area contributed by atoms with E-state index in [0.717, 1.165) is 5.56 Å². The lowest BCUT2D eigenvalue weighted by molar-refractivity contribution is -0.136. The van der Waals surface area contributed by atoms with Gasteiger partial charge in [-0.05, 0) is 6.07 Å². The Kier molecular flexibility index (Phi) is 3.55. The molecule has 0 saturated heterocycles. The van der Waals surface area contributed by atoms with Crippen LogP contribution in [-0.2, 0) is 17.8 Å². The third-order valence-corrected chi connectivity index (χ3v) is 3.61. The van der Waals surface area contributed by atoms with E-state index in [1.165, 1.54) is 7.11 Å². The van der Waals surface area contributed by atoms with Crippen LogP contribution in [0.15, 0.2) is 36.4 Å². The van der Waals surface area contributed by atoms with Gasteiger partial charge in [-0.3, -0.25) is 9.59 Å². The number of fused-ring (bicyclic) bond motifs is 2. The van der Waals surface area contributed by atoms with Gasteiger partial charge in [0.05, 0.1) is 19.1 Å². The van der Waals surface area contributed by atoms with Crippen LogP contribution in [-0.4, -0.2) is 24.0 Å². The van der Waals surface area contributed by atoms with E-state index >= 15 is 0 Å². The second kappa shape index (κ2) is 5.52. The van der Waals surface area contributed by atoms with Gasteiger partial charge < -0.3 is 14.6 Å². The van der Waals surface area contributed by atoms with E-state index < -0.39 is 5.97 Å². The van der Waals surface area contributed by atoms with Crippen molar-refractivity contribution in [3.05, 3.63) is 58.7 Å². The van der Waals surface area contributed by atoms with Gasteiger partial charge in [0.25, 0.3) is 0 Å².